The summed E-state index contributed by atoms with van der Waals surface area (Å²) in [7, 11) is 0. The maximum absolute atomic E-state index is 13.8. The second-order valence-corrected chi connectivity index (χ2v) is 6.62. The third-order valence-corrected chi connectivity index (χ3v) is 4.86. The van der Waals surface area contributed by atoms with Gasteiger partial charge in [-0.3, -0.25) is 9.59 Å². The van der Waals surface area contributed by atoms with E-state index in [0.29, 0.717) is 31.6 Å². The number of benzene rings is 2. The SMILES string of the molecule is CC(=O)N(CCc1ccccc1F)CC(=O)N1CCc2ccccc2C1. The average molecular weight is 354 g/mol. The van der Waals surface area contributed by atoms with E-state index in [2.05, 4.69) is 6.07 Å². The maximum Gasteiger partial charge on any atom is 0.242 e. The Balaban J connectivity index is 1.60. The minimum absolute atomic E-state index is 0.0337. The van der Waals surface area contributed by atoms with Crippen LogP contribution in [-0.4, -0.2) is 41.2 Å². The second kappa shape index (κ2) is 8.13. The molecular formula is C21H23FN2O2. The number of halogens is 1. The van der Waals surface area contributed by atoms with Crippen molar-refractivity contribution >= 4 is 11.8 Å². The summed E-state index contributed by atoms with van der Waals surface area (Å²) in [6, 6.07) is 14.6. The minimum atomic E-state index is -0.282. The number of carbonyl (C=O) groups is 2. The van der Waals surface area contributed by atoms with Gasteiger partial charge >= 0.3 is 0 Å². The van der Waals surface area contributed by atoms with Gasteiger partial charge in [0.1, 0.15) is 5.82 Å². The predicted molar refractivity (Wildman–Crippen MR) is 97.9 cm³/mol. The van der Waals surface area contributed by atoms with Crippen molar-refractivity contribution in [1.29, 1.82) is 0 Å². The second-order valence-electron chi connectivity index (χ2n) is 6.62. The molecule has 0 atom stereocenters. The average Bonchev–Trinajstić information content (AvgIpc) is 2.65. The lowest BCUT2D eigenvalue weighted by atomic mass is 10.00. The van der Waals surface area contributed by atoms with Gasteiger partial charge < -0.3 is 9.80 Å². The molecule has 2 aromatic rings. The molecule has 0 fully saturated rings. The first-order valence-corrected chi connectivity index (χ1v) is 8.88. The predicted octanol–water partition coefficient (Wildman–Crippen LogP) is 2.80. The largest absolute Gasteiger partial charge is 0.336 e. The molecule has 2 aromatic carbocycles. The maximum atomic E-state index is 13.8. The summed E-state index contributed by atoms with van der Waals surface area (Å²) in [6.07, 6.45) is 1.22. The lowest BCUT2D eigenvalue weighted by Gasteiger charge is -2.31. The van der Waals surface area contributed by atoms with Crippen molar-refractivity contribution in [3.63, 3.8) is 0 Å². The zero-order chi connectivity index (χ0) is 18.5. The summed E-state index contributed by atoms with van der Waals surface area (Å²) >= 11 is 0. The van der Waals surface area contributed by atoms with Gasteiger partial charge in [-0.25, -0.2) is 4.39 Å². The van der Waals surface area contributed by atoms with Crippen LogP contribution >= 0.6 is 0 Å². The molecule has 0 radical (unpaired) electrons. The van der Waals surface area contributed by atoms with E-state index in [-0.39, 0.29) is 24.2 Å². The van der Waals surface area contributed by atoms with Crippen LogP contribution in [0.15, 0.2) is 48.5 Å². The van der Waals surface area contributed by atoms with Gasteiger partial charge in [-0.2, -0.15) is 0 Å². The molecule has 1 aliphatic rings. The van der Waals surface area contributed by atoms with E-state index >= 15 is 0 Å². The molecule has 26 heavy (non-hydrogen) atoms. The molecule has 2 amide bonds. The van der Waals surface area contributed by atoms with E-state index in [1.54, 1.807) is 23.1 Å². The Morgan fingerprint density at radius 2 is 1.77 bits per heavy atom. The van der Waals surface area contributed by atoms with Gasteiger partial charge in [0.15, 0.2) is 0 Å². The quantitative estimate of drug-likeness (QED) is 0.828. The lowest BCUT2D eigenvalue weighted by Crippen LogP contribution is -2.44. The number of hydrogen-bond donors (Lipinski definition) is 0. The summed E-state index contributed by atoms with van der Waals surface area (Å²) in [6.45, 7) is 3.04. The number of rotatable bonds is 5. The highest BCUT2D eigenvalue weighted by molar-refractivity contribution is 5.84. The number of nitrogens with zero attached hydrogens (tertiary/aromatic N) is 2. The fraction of sp³-hybridized carbons (Fsp3) is 0.333. The summed E-state index contributed by atoms with van der Waals surface area (Å²) in [5, 5.41) is 0. The molecule has 5 heteroatoms. The molecule has 0 unspecified atom stereocenters. The Hall–Kier alpha value is -2.69. The Kier molecular flexibility index (Phi) is 5.66. The van der Waals surface area contributed by atoms with E-state index in [1.807, 2.05) is 18.2 Å². The van der Waals surface area contributed by atoms with Crippen molar-refractivity contribution in [2.75, 3.05) is 19.6 Å². The van der Waals surface area contributed by atoms with Crippen LogP contribution in [0.25, 0.3) is 0 Å². The van der Waals surface area contributed by atoms with E-state index in [0.717, 1.165) is 12.0 Å². The number of fused-ring (bicyclic) bond motifs is 1. The van der Waals surface area contributed by atoms with Crippen molar-refractivity contribution in [2.45, 2.75) is 26.3 Å². The minimum Gasteiger partial charge on any atom is -0.336 e. The molecule has 3 rings (SSSR count). The normalized spacial score (nSPS) is 13.2. The van der Waals surface area contributed by atoms with E-state index in [9.17, 15) is 14.0 Å². The number of carbonyl (C=O) groups excluding carboxylic acids is 2. The Morgan fingerprint density at radius 3 is 2.50 bits per heavy atom. The zero-order valence-corrected chi connectivity index (χ0v) is 15.0. The summed E-state index contributed by atoms with van der Waals surface area (Å²) in [5.41, 5.74) is 2.99. The summed E-state index contributed by atoms with van der Waals surface area (Å²) in [5.74, 6) is -0.523. The number of amides is 2. The smallest absolute Gasteiger partial charge is 0.242 e. The first-order valence-electron chi connectivity index (χ1n) is 8.88. The third kappa shape index (κ3) is 4.28. The van der Waals surface area contributed by atoms with Crippen LogP contribution < -0.4 is 0 Å². The van der Waals surface area contributed by atoms with Crippen molar-refractivity contribution in [2.24, 2.45) is 0 Å². The molecule has 0 saturated heterocycles. The molecule has 1 aliphatic heterocycles. The highest BCUT2D eigenvalue weighted by Crippen LogP contribution is 2.18. The van der Waals surface area contributed by atoms with Crippen LogP contribution in [0.2, 0.25) is 0 Å². The third-order valence-electron chi connectivity index (χ3n) is 4.86. The molecule has 0 aromatic heterocycles. The van der Waals surface area contributed by atoms with Crippen molar-refractivity contribution in [1.82, 2.24) is 9.80 Å². The van der Waals surface area contributed by atoms with Crippen LogP contribution in [0.5, 0.6) is 0 Å². The van der Waals surface area contributed by atoms with Gasteiger partial charge in [-0.05, 0) is 35.6 Å². The topological polar surface area (TPSA) is 40.6 Å². The van der Waals surface area contributed by atoms with Gasteiger partial charge in [0, 0.05) is 26.6 Å². The van der Waals surface area contributed by atoms with Crippen LogP contribution in [0.3, 0.4) is 0 Å². The molecule has 0 saturated carbocycles. The monoisotopic (exact) mass is 354 g/mol. The van der Waals surface area contributed by atoms with E-state index in [4.69, 9.17) is 0 Å². The van der Waals surface area contributed by atoms with Gasteiger partial charge in [0.05, 0.1) is 6.54 Å². The summed E-state index contributed by atoms with van der Waals surface area (Å²) in [4.78, 5) is 27.9. The van der Waals surface area contributed by atoms with E-state index < -0.39 is 0 Å². The Bertz CT molecular complexity index is 806. The van der Waals surface area contributed by atoms with E-state index in [1.165, 1.54) is 23.5 Å². The van der Waals surface area contributed by atoms with Gasteiger partial charge in [-0.1, -0.05) is 42.5 Å². The highest BCUT2D eigenvalue weighted by Gasteiger charge is 2.23. The molecule has 1 heterocycles. The van der Waals surface area contributed by atoms with Gasteiger partial charge in [0.25, 0.3) is 0 Å². The standard InChI is InChI=1S/C21H23FN2O2/c1-16(25)23(12-11-18-7-4-5-9-20(18)22)15-21(26)24-13-10-17-6-2-3-8-19(17)14-24/h2-9H,10-15H2,1H3. The first-order chi connectivity index (χ1) is 12.5. The van der Waals surface area contributed by atoms with Crippen molar-refractivity contribution in [3.8, 4) is 0 Å². The van der Waals surface area contributed by atoms with Crippen molar-refractivity contribution in [3.05, 3.63) is 71.0 Å². The lowest BCUT2D eigenvalue weighted by molar-refractivity contribution is -0.140. The molecule has 0 bridgehead atoms. The number of hydrogen-bond acceptors (Lipinski definition) is 2. The zero-order valence-electron chi connectivity index (χ0n) is 15.0. The first kappa shape index (κ1) is 18.1. The highest BCUT2D eigenvalue weighted by atomic mass is 19.1. The molecule has 4 nitrogen and oxygen atoms in total. The molecular weight excluding hydrogens is 331 g/mol. The van der Waals surface area contributed by atoms with Gasteiger partial charge in [0.2, 0.25) is 11.8 Å². The van der Waals surface area contributed by atoms with Crippen LogP contribution in [0, 0.1) is 5.82 Å². The Labute approximate surface area is 153 Å². The summed E-state index contributed by atoms with van der Waals surface area (Å²) < 4.78 is 13.8. The molecule has 0 aliphatic carbocycles. The Morgan fingerprint density at radius 1 is 1.08 bits per heavy atom. The molecule has 0 spiro atoms. The van der Waals surface area contributed by atoms with Crippen LogP contribution in [-0.2, 0) is 29.0 Å². The van der Waals surface area contributed by atoms with Gasteiger partial charge in [-0.15, -0.1) is 0 Å². The fourth-order valence-electron chi connectivity index (χ4n) is 3.28. The fourth-order valence-corrected chi connectivity index (χ4v) is 3.28. The molecule has 0 N–H and O–H groups in total. The van der Waals surface area contributed by atoms with Crippen molar-refractivity contribution < 1.29 is 14.0 Å². The van der Waals surface area contributed by atoms with Crippen LogP contribution in [0.4, 0.5) is 4.39 Å². The molecule has 136 valence electrons. The van der Waals surface area contributed by atoms with Crippen LogP contribution in [0.1, 0.15) is 23.6 Å².